The molecule has 0 spiro atoms. The molecule has 0 aromatic heterocycles. The van der Waals surface area contributed by atoms with Crippen molar-refractivity contribution in [3.05, 3.63) is 29.8 Å². The van der Waals surface area contributed by atoms with Crippen LogP contribution in [-0.2, 0) is 4.79 Å². The van der Waals surface area contributed by atoms with Crippen molar-refractivity contribution in [1.82, 2.24) is 5.32 Å². The molecule has 1 heterocycles. The van der Waals surface area contributed by atoms with Gasteiger partial charge < -0.3 is 10.2 Å². The summed E-state index contributed by atoms with van der Waals surface area (Å²) in [7, 11) is 0. The van der Waals surface area contributed by atoms with Gasteiger partial charge in [-0.1, -0.05) is 18.6 Å². The van der Waals surface area contributed by atoms with Gasteiger partial charge >= 0.3 is 0 Å². The molecule has 1 amide bonds. The fourth-order valence-corrected chi connectivity index (χ4v) is 2.51. The minimum atomic E-state index is -0.000729. The Bertz CT molecular complexity index is 411. The molecule has 0 radical (unpaired) electrons. The van der Waals surface area contributed by atoms with E-state index in [2.05, 4.69) is 24.4 Å². The van der Waals surface area contributed by atoms with Crippen LogP contribution in [0.4, 0.5) is 5.69 Å². The van der Waals surface area contributed by atoms with E-state index in [1.807, 2.05) is 24.0 Å². The normalized spacial score (nSPS) is 19.6. The minimum absolute atomic E-state index is 0.000729. The van der Waals surface area contributed by atoms with Crippen LogP contribution in [0.1, 0.15) is 31.7 Å². The van der Waals surface area contributed by atoms with Crippen molar-refractivity contribution in [2.24, 2.45) is 0 Å². The number of likely N-dealkylation sites (N-methyl/N-ethyl adjacent to an activating group) is 1. The second-order valence-electron chi connectivity index (χ2n) is 4.92. The van der Waals surface area contributed by atoms with Gasteiger partial charge in [-0.3, -0.25) is 4.79 Å². The highest BCUT2D eigenvalue weighted by atomic mass is 16.2. The Morgan fingerprint density at radius 2 is 2.28 bits per heavy atom. The van der Waals surface area contributed by atoms with Crippen LogP contribution in [0, 0.1) is 6.92 Å². The highest BCUT2D eigenvalue weighted by molar-refractivity contribution is 5.97. The number of rotatable bonds is 3. The van der Waals surface area contributed by atoms with E-state index in [0.29, 0.717) is 0 Å². The van der Waals surface area contributed by atoms with Crippen molar-refractivity contribution in [3.8, 4) is 0 Å². The maximum atomic E-state index is 12.5. The Kier molecular flexibility index (Phi) is 4.37. The average Bonchev–Trinajstić information content (AvgIpc) is 2.40. The molecule has 0 aliphatic carbocycles. The highest BCUT2D eigenvalue weighted by Gasteiger charge is 2.25. The lowest BCUT2D eigenvalue weighted by Crippen LogP contribution is -2.48. The van der Waals surface area contributed by atoms with Crippen LogP contribution in [0.5, 0.6) is 0 Å². The summed E-state index contributed by atoms with van der Waals surface area (Å²) in [5.41, 5.74) is 2.20. The van der Waals surface area contributed by atoms with E-state index < -0.39 is 0 Å². The van der Waals surface area contributed by atoms with Gasteiger partial charge in [0.05, 0.1) is 6.04 Å². The van der Waals surface area contributed by atoms with Crippen LogP contribution in [0.25, 0.3) is 0 Å². The molecular weight excluding hydrogens is 224 g/mol. The van der Waals surface area contributed by atoms with E-state index in [1.165, 1.54) is 12.0 Å². The summed E-state index contributed by atoms with van der Waals surface area (Å²) >= 11 is 0. The van der Waals surface area contributed by atoms with Crippen LogP contribution in [0.15, 0.2) is 24.3 Å². The number of nitrogens with zero attached hydrogens (tertiary/aromatic N) is 1. The Morgan fingerprint density at radius 3 is 2.89 bits per heavy atom. The number of benzene rings is 1. The second kappa shape index (κ2) is 6.01. The SMILES string of the molecule is CCN(C(=O)[C@H]1CCCCN1)c1cccc(C)c1. The second-order valence-corrected chi connectivity index (χ2v) is 4.92. The monoisotopic (exact) mass is 246 g/mol. The van der Waals surface area contributed by atoms with Crippen molar-refractivity contribution in [2.75, 3.05) is 18.0 Å². The van der Waals surface area contributed by atoms with Gasteiger partial charge in [0.15, 0.2) is 0 Å². The Balaban J connectivity index is 2.14. The molecule has 1 saturated heterocycles. The summed E-state index contributed by atoms with van der Waals surface area (Å²) < 4.78 is 0. The summed E-state index contributed by atoms with van der Waals surface area (Å²) in [4.78, 5) is 14.4. The molecule has 2 rings (SSSR count). The van der Waals surface area contributed by atoms with Crippen LogP contribution in [0.2, 0.25) is 0 Å². The highest BCUT2D eigenvalue weighted by Crippen LogP contribution is 2.19. The van der Waals surface area contributed by atoms with Crippen molar-refractivity contribution >= 4 is 11.6 Å². The molecule has 0 bridgehead atoms. The molecular formula is C15H22N2O. The van der Waals surface area contributed by atoms with E-state index in [-0.39, 0.29) is 11.9 Å². The van der Waals surface area contributed by atoms with Crippen LogP contribution in [0.3, 0.4) is 0 Å². The lowest BCUT2D eigenvalue weighted by molar-refractivity contribution is -0.121. The van der Waals surface area contributed by atoms with Gasteiger partial charge in [0.2, 0.25) is 5.91 Å². The number of anilines is 1. The first kappa shape index (κ1) is 13.1. The third kappa shape index (κ3) is 2.91. The van der Waals surface area contributed by atoms with Gasteiger partial charge in [-0.15, -0.1) is 0 Å². The number of hydrogen-bond donors (Lipinski definition) is 1. The largest absolute Gasteiger partial charge is 0.311 e. The number of amides is 1. The maximum Gasteiger partial charge on any atom is 0.244 e. The molecule has 3 nitrogen and oxygen atoms in total. The van der Waals surface area contributed by atoms with Crippen molar-refractivity contribution in [1.29, 1.82) is 0 Å². The minimum Gasteiger partial charge on any atom is -0.311 e. The lowest BCUT2D eigenvalue weighted by Gasteiger charge is -2.29. The number of carbonyl (C=O) groups excluding carboxylic acids is 1. The van der Waals surface area contributed by atoms with Gasteiger partial charge in [-0.25, -0.2) is 0 Å². The summed E-state index contributed by atoms with van der Waals surface area (Å²) in [6.07, 6.45) is 3.29. The molecule has 1 atom stereocenters. The van der Waals surface area contributed by atoms with Crippen molar-refractivity contribution < 1.29 is 4.79 Å². The smallest absolute Gasteiger partial charge is 0.244 e. The number of aryl methyl sites for hydroxylation is 1. The fourth-order valence-electron chi connectivity index (χ4n) is 2.51. The summed E-state index contributed by atoms with van der Waals surface area (Å²) in [6.45, 7) is 5.77. The standard InChI is InChI=1S/C15H22N2O/c1-3-17(13-8-6-7-12(2)11-13)15(18)14-9-4-5-10-16-14/h6-8,11,14,16H,3-5,9-10H2,1-2H3/t14-/m1/s1. The first-order chi connectivity index (χ1) is 8.72. The lowest BCUT2D eigenvalue weighted by atomic mass is 10.0. The Labute approximate surface area is 109 Å². The molecule has 0 unspecified atom stereocenters. The third-order valence-corrected chi connectivity index (χ3v) is 3.50. The summed E-state index contributed by atoms with van der Waals surface area (Å²) in [6, 6.07) is 8.15. The molecule has 1 aliphatic rings. The van der Waals surface area contributed by atoms with E-state index in [9.17, 15) is 4.79 Å². The van der Waals surface area contributed by atoms with Crippen LogP contribution < -0.4 is 10.2 Å². The molecule has 18 heavy (non-hydrogen) atoms. The first-order valence-corrected chi connectivity index (χ1v) is 6.84. The number of hydrogen-bond acceptors (Lipinski definition) is 2. The fraction of sp³-hybridized carbons (Fsp3) is 0.533. The topological polar surface area (TPSA) is 32.3 Å². The van der Waals surface area contributed by atoms with E-state index in [1.54, 1.807) is 0 Å². The molecule has 1 aliphatic heterocycles. The van der Waals surface area contributed by atoms with Gasteiger partial charge in [-0.05, 0) is 50.9 Å². The zero-order valence-corrected chi connectivity index (χ0v) is 11.3. The number of piperidine rings is 1. The van der Waals surface area contributed by atoms with Gasteiger partial charge in [0.1, 0.15) is 0 Å². The van der Waals surface area contributed by atoms with Crippen molar-refractivity contribution in [3.63, 3.8) is 0 Å². The molecule has 0 saturated carbocycles. The molecule has 98 valence electrons. The summed E-state index contributed by atoms with van der Waals surface area (Å²) in [5.74, 6) is 0.211. The average molecular weight is 246 g/mol. The Morgan fingerprint density at radius 1 is 1.44 bits per heavy atom. The first-order valence-electron chi connectivity index (χ1n) is 6.84. The van der Waals surface area contributed by atoms with Crippen molar-refractivity contribution in [2.45, 2.75) is 39.2 Å². The van der Waals surface area contributed by atoms with Gasteiger partial charge in [-0.2, -0.15) is 0 Å². The number of nitrogens with one attached hydrogen (secondary N) is 1. The van der Waals surface area contributed by atoms with E-state index in [4.69, 9.17) is 0 Å². The van der Waals surface area contributed by atoms with E-state index in [0.717, 1.165) is 31.6 Å². The molecule has 1 fully saturated rings. The zero-order valence-electron chi connectivity index (χ0n) is 11.3. The quantitative estimate of drug-likeness (QED) is 0.888. The predicted molar refractivity (Wildman–Crippen MR) is 74.8 cm³/mol. The molecule has 1 N–H and O–H groups in total. The molecule has 3 heteroatoms. The summed E-state index contributed by atoms with van der Waals surface area (Å²) in [5, 5.41) is 3.33. The third-order valence-electron chi connectivity index (χ3n) is 3.50. The van der Waals surface area contributed by atoms with Gasteiger partial charge in [0.25, 0.3) is 0 Å². The van der Waals surface area contributed by atoms with Crippen LogP contribution in [-0.4, -0.2) is 25.0 Å². The zero-order chi connectivity index (χ0) is 13.0. The molecule has 1 aromatic carbocycles. The molecule has 1 aromatic rings. The maximum absolute atomic E-state index is 12.5. The Hall–Kier alpha value is -1.35. The van der Waals surface area contributed by atoms with E-state index >= 15 is 0 Å². The van der Waals surface area contributed by atoms with Crippen LogP contribution >= 0.6 is 0 Å². The van der Waals surface area contributed by atoms with Gasteiger partial charge in [0, 0.05) is 12.2 Å². The predicted octanol–water partition coefficient (Wildman–Crippen LogP) is 2.49. The number of carbonyl (C=O) groups is 1.